The van der Waals surface area contributed by atoms with E-state index in [2.05, 4.69) is 17.6 Å². The molecular weight excluding hydrogens is 468 g/mol. The fraction of sp³-hybridized carbons (Fsp3) is 0.464. The fourth-order valence-electron chi connectivity index (χ4n) is 5.69. The Morgan fingerprint density at radius 3 is 2.54 bits per heavy atom. The van der Waals surface area contributed by atoms with E-state index in [1.807, 2.05) is 47.7 Å². The second kappa shape index (κ2) is 8.76. The maximum atomic E-state index is 13.5. The lowest BCUT2D eigenvalue weighted by atomic mass is 10.0. The van der Waals surface area contributed by atoms with Gasteiger partial charge in [-0.05, 0) is 55.9 Å². The largest absolute Gasteiger partial charge is 0.494 e. The highest BCUT2D eigenvalue weighted by atomic mass is 16.5. The highest BCUT2D eigenvalue weighted by Crippen LogP contribution is 2.38. The van der Waals surface area contributed by atoms with Crippen LogP contribution < -0.4 is 15.2 Å². The topological polar surface area (TPSA) is 100 Å². The highest BCUT2D eigenvalue weighted by molar-refractivity contribution is 6.00. The van der Waals surface area contributed by atoms with Crippen molar-refractivity contribution in [3.63, 3.8) is 0 Å². The number of carbonyl (C=O) groups excluding carboxylic acids is 1. The predicted molar refractivity (Wildman–Crippen MR) is 143 cm³/mol. The van der Waals surface area contributed by atoms with Crippen LogP contribution in [0.4, 0.5) is 0 Å². The Balaban J connectivity index is 1.48. The summed E-state index contributed by atoms with van der Waals surface area (Å²) in [4.78, 5) is 25.2. The minimum absolute atomic E-state index is 0.0221. The Hall–Kier alpha value is -3.59. The van der Waals surface area contributed by atoms with Crippen LogP contribution in [-0.4, -0.2) is 62.8 Å². The van der Waals surface area contributed by atoms with E-state index in [0.717, 1.165) is 40.1 Å². The van der Waals surface area contributed by atoms with Gasteiger partial charge in [0.15, 0.2) is 5.82 Å². The van der Waals surface area contributed by atoms with Gasteiger partial charge in [-0.15, -0.1) is 0 Å². The minimum Gasteiger partial charge on any atom is -0.494 e. The summed E-state index contributed by atoms with van der Waals surface area (Å²) in [6.07, 6.45) is 2.45. The van der Waals surface area contributed by atoms with E-state index >= 15 is 0 Å². The van der Waals surface area contributed by atoms with Crippen molar-refractivity contribution in [2.24, 2.45) is 24.6 Å². The second-order valence-electron chi connectivity index (χ2n) is 10.6. The summed E-state index contributed by atoms with van der Waals surface area (Å²) in [6.45, 7) is 5.64. The lowest BCUT2D eigenvalue weighted by molar-refractivity contribution is 0.0739. The Labute approximate surface area is 216 Å². The van der Waals surface area contributed by atoms with Gasteiger partial charge in [0.25, 0.3) is 5.91 Å². The summed E-state index contributed by atoms with van der Waals surface area (Å²) in [5.41, 5.74) is 10.3. The molecule has 1 aliphatic heterocycles. The molecule has 3 aromatic heterocycles. The van der Waals surface area contributed by atoms with Crippen molar-refractivity contribution < 1.29 is 14.3 Å². The van der Waals surface area contributed by atoms with Crippen LogP contribution in [-0.2, 0) is 13.6 Å². The lowest BCUT2D eigenvalue weighted by Gasteiger charge is -2.23. The lowest BCUT2D eigenvalue weighted by Crippen LogP contribution is -2.40. The number of amides is 1. The summed E-state index contributed by atoms with van der Waals surface area (Å²) in [5.74, 6) is 2.88. The molecule has 9 nitrogen and oxygen atoms in total. The SMILES string of the molecule is COc1ccc2cc(-c3nc4cc(C(=O)N5CC(C)C(N)C5C)cc(OC)c4n3C)n(CC3CC3)c2n1. The van der Waals surface area contributed by atoms with E-state index in [4.69, 9.17) is 25.2 Å². The molecule has 4 heterocycles. The van der Waals surface area contributed by atoms with E-state index in [1.165, 1.54) is 12.8 Å². The first-order valence-corrected chi connectivity index (χ1v) is 13.0. The van der Waals surface area contributed by atoms with Crippen molar-refractivity contribution >= 4 is 28.0 Å². The van der Waals surface area contributed by atoms with E-state index in [-0.39, 0.29) is 23.9 Å². The number of hydrogen-bond acceptors (Lipinski definition) is 6. The predicted octanol–water partition coefficient (Wildman–Crippen LogP) is 3.82. The van der Waals surface area contributed by atoms with Gasteiger partial charge in [-0.1, -0.05) is 6.92 Å². The average Bonchev–Trinajstić information content (AvgIpc) is 3.51. The molecule has 0 bridgehead atoms. The third-order valence-corrected chi connectivity index (χ3v) is 8.15. The molecule has 0 spiro atoms. The maximum Gasteiger partial charge on any atom is 0.254 e. The molecule has 1 saturated heterocycles. The highest BCUT2D eigenvalue weighted by Gasteiger charge is 2.37. The Morgan fingerprint density at radius 2 is 1.89 bits per heavy atom. The number of methoxy groups -OCH3 is 2. The monoisotopic (exact) mass is 502 g/mol. The van der Waals surface area contributed by atoms with Crippen molar-refractivity contribution in [3.05, 3.63) is 35.9 Å². The first-order valence-electron chi connectivity index (χ1n) is 13.0. The van der Waals surface area contributed by atoms with Gasteiger partial charge < -0.3 is 29.2 Å². The third kappa shape index (κ3) is 3.83. The van der Waals surface area contributed by atoms with Crippen LogP contribution in [0, 0.1) is 11.8 Å². The zero-order valence-electron chi connectivity index (χ0n) is 22.1. The van der Waals surface area contributed by atoms with E-state index in [9.17, 15) is 4.79 Å². The van der Waals surface area contributed by atoms with Gasteiger partial charge in [-0.3, -0.25) is 4.79 Å². The molecule has 1 saturated carbocycles. The number of imidazole rings is 1. The first kappa shape index (κ1) is 23.8. The standard InChI is InChI=1S/C28H34N6O3/c1-15-13-33(16(2)24(15)29)28(35)19-10-20-25(22(12-19)36-4)32(3)27(30-20)21-11-18-8-9-23(37-5)31-26(18)34(21)14-17-6-7-17/h8-12,15-17,24H,6-7,13-14,29H2,1-5H3. The molecule has 37 heavy (non-hydrogen) atoms. The smallest absolute Gasteiger partial charge is 0.254 e. The molecule has 6 rings (SSSR count). The van der Waals surface area contributed by atoms with Gasteiger partial charge in [0.2, 0.25) is 5.88 Å². The van der Waals surface area contributed by atoms with Crippen LogP contribution in [0.1, 0.15) is 37.0 Å². The number of hydrogen-bond donors (Lipinski definition) is 1. The second-order valence-corrected chi connectivity index (χ2v) is 10.6. The van der Waals surface area contributed by atoms with Crippen molar-refractivity contribution in [2.45, 2.75) is 45.3 Å². The number of ether oxygens (including phenoxy) is 2. The van der Waals surface area contributed by atoms with Gasteiger partial charge in [-0.2, -0.15) is 4.98 Å². The van der Waals surface area contributed by atoms with E-state index < -0.39 is 0 Å². The molecule has 2 N–H and O–H groups in total. The van der Waals surface area contributed by atoms with Crippen molar-refractivity contribution in [2.75, 3.05) is 20.8 Å². The van der Waals surface area contributed by atoms with Gasteiger partial charge in [0, 0.05) is 49.2 Å². The molecule has 1 aromatic carbocycles. The molecule has 9 heteroatoms. The number of fused-ring (bicyclic) bond motifs is 2. The average molecular weight is 503 g/mol. The fourth-order valence-corrected chi connectivity index (χ4v) is 5.69. The molecule has 1 amide bonds. The summed E-state index contributed by atoms with van der Waals surface area (Å²) in [5, 5.41) is 1.04. The quantitative estimate of drug-likeness (QED) is 0.430. The van der Waals surface area contributed by atoms with Crippen LogP contribution in [0.15, 0.2) is 30.3 Å². The number of pyridine rings is 1. The van der Waals surface area contributed by atoms with Crippen molar-refractivity contribution in [1.82, 2.24) is 24.0 Å². The summed E-state index contributed by atoms with van der Waals surface area (Å²) >= 11 is 0. The van der Waals surface area contributed by atoms with Crippen LogP contribution in [0.3, 0.4) is 0 Å². The molecule has 1 aliphatic carbocycles. The zero-order chi connectivity index (χ0) is 26.0. The van der Waals surface area contributed by atoms with Crippen LogP contribution in [0.25, 0.3) is 33.6 Å². The molecular formula is C28H34N6O3. The zero-order valence-corrected chi connectivity index (χ0v) is 22.1. The Kier molecular flexibility index (Phi) is 5.63. The first-order chi connectivity index (χ1) is 17.8. The van der Waals surface area contributed by atoms with E-state index in [1.54, 1.807) is 14.2 Å². The van der Waals surface area contributed by atoms with Gasteiger partial charge >= 0.3 is 0 Å². The van der Waals surface area contributed by atoms with Crippen molar-refractivity contribution in [1.29, 1.82) is 0 Å². The number of likely N-dealkylation sites (tertiary alicyclic amines) is 1. The van der Waals surface area contributed by atoms with Gasteiger partial charge in [0.1, 0.15) is 16.9 Å². The number of aromatic nitrogens is 4. The number of aryl methyl sites for hydroxylation is 1. The van der Waals surface area contributed by atoms with Gasteiger partial charge in [-0.25, -0.2) is 4.98 Å². The number of carbonyl (C=O) groups is 1. The normalized spacial score (nSPS) is 21.8. The van der Waals surface area contributed by atoms with Gasteiger partial charge in [0.05, 0.1) is 25.4 Å². The molecule has 2 fully saturated rings. The third-order valence-electron chi connectivity index (χ3n) is 8.15. The number of nitrogens with zero attached hydrogens (tertiary/aromatic N) is 5. The van der Waals surface area contributed by atoms with Crippen molar-refractivity contribution in [3.8, 4) is 23.1 Å². The molecule has 0 radical (unpaired) electrons. The number of rotatable bonds is 6. The van der Waals surface area contributed by atoms with Crippen LogP contribution in [0.2, 0.25) is 0 Å². The number of nitrogens with two attached hydrogens (primary N) is 1. The Morgan fingerprint density at radius 1 is 1.11 bits per heavy atom. The molecule has 3 atom stereocenters. The molecule has 4 aromatic rings. The summed E-state index contributed by atoms with van der Waals surface area (Å²) in [7, 11) is 5.26. The van der Waals surface area contributed by atoms with Crippen LogP contribution in [0.5, 0.6) is 11.6 Å². The van der Waals surface area contributed by atoms with Crippen LogP contribution >= 0.6 is 0 Å². The van der Waals surface area contributed by atoms with E-state index in [0.29, 0.717) is 29.7 Å². The molecule has 194 valence electrons. The summed E-state index contributed by atoms with van der Waals surface area (Å²) in [6, 6.07) is 9.71. The molecule has 2 aliphatic rings. The minimum atomic E-state index is -0.0427. The maximum absolute atomic E-state index is 13.5. The Bertz CT molecular complexity index is 1520. The summed E-state index contributed by atoms with van der Waals surface area (Å²) < 4.78 is 15.5. The number of benzene rings is 1. The molecule has 3 unspecified atom stereocenters.